The van der Waals surface area contributed by atoms with Gasteiger partial charge in [-0.1, -0.05) is 13.2 Å². The Hall–Kier alpha value is -1.11. The highest BCUT2D eigenvalue weighted by Gasteiger charge is 1.98. The van der Waals surface area contributed by atoms with Gasteiger partial charge in [-0.3, -0.25) is 4.98 Å². The lowest BCUT2D eigenvalue weighted by molar-refractivity contribution is 1.07. The molecule has 0 spiro atoms. The van der Waals surface area contributed by atoms with Crippen LogP contribution in [0.4, 0.5) is 0 Å². The summed E-state index contributed by atoms with van der Waals surface area (Å²) in [7, 11) is 0. The molecular formula is C10H13N. The average Bonchev–Trinajstić information content (AvgIpc) is 1.97. The number of rotatable bonds is 0. The smallest absolute Gasteiger partial charge is 0.0630 e. The molecule has 0 atom stereocenters. The zero-order valence-electron chi connectivity index (χ0n) is 7.36. The summed E-state index contributed by atoms with van der Waals surface area (Å²) in [6.07, 6.45) is 0. The molecule has 0 aliphatic carbocycles. The molecule has 0 aliphatic heterocycles. The molecule has 1 heterocycles. The van der Waals surface area contributed by atoms with E-state index >= 15 is 0 Å². The summed E-state index contributed by atoms with van der Waals surface area (Å²) in [5.74, 6) is 0. The molecule has 0 radical (unpaired) electrons. The van der Waals surface area contributed by atoms with Crippen LogP contribution in [0.15, 0.2) is 0 Å². The third-order valence-electron chi connectivity index (χ3n) is 2.21. The predicted octanol–water partition coefficient (Wildman–Crippen LogP) is 0.827. The van der Waals surface area contributed by atoms with Crippen molar-refractivity contribution in [2.24, 2.45) is 0 Å². The topological polar surface area (TPSA) is 12.9 Å². The Morgan fingerprint density at radius 3 is 2.09 bits per heavy atom. The van der Waals surface area contributed by atoms with Gasteiger partial charge in [-0.25, -0.2) is 0 Å². The van der Waals surface area contributed by atoms with E-state index in [2.05, 4.69) is 32.0 Å². The Balaban J connectivity index is 3.73. The maximum absolute atomic E-state index is 4.26. The molecule has 0 aromatic carbocycles. The van der Waals surface area contributed by atoms with Crippen molar-refractivity contribution in [2.75, 3.05) is 0 Å². The van der Waals surface area contributed by atoms with E-state index < -0.39 is 0 Å². The number of nitrogens with zero attached hydrogens (tertiary/aromatic N) is 1. The standard InChI is InChI=1S/C10H13N/c1-6-7(2)9(4)11-10(5)8(6)3/h2,4H2,1,3,5H3. The summed E-state index contributed by atoms with van der Waals surface area (Å²) >= 11 is 0. The lowest BCUT2D eigenvalue weighted by Crippen LogP contribution is -2.29. The Labute approximate surface area is 67.1 Å². The van der Waals surface area contributed by atoms with E-state index in [0.29, 0.717) is 0 Å². The quantitative estimate of drug-likeness (QED) is 0.529. The number of hydrogen-bond acceptors (Lipinski definition) is 1. The minimum atomic E-state index is 0.797. The number of aryl methyl sites for hydroxylation is 1. The van der Waals surface area contributed by atoms with Crippen molar-refractivity contribution in [3.63, 3.8) is 0 Å². The van der Waals surface area contributed by atoms with Gasteiger partial charge in [-0.05, 0) is 37.1 Å². The minimum absolute atomic E-state index is 0.797. The van der Waals surface area contributed by atoms with Crippen LogP contribution >= 0.6 is 0 Å². The van der Waals surface area contributed by atoms with Gasteiger partial charge in [0.2, 0.25) is 0 Å². The average molecular weight is 147 g/mol. The van der Waals surface area contributed by atoms with E-state index in [1.807, 2.05) is 6.92 Å². The van der Waals surface area contributed by atoms with Crippen LogP contribution in [0, 0.1) is 20.8 Å². The molecule has 0 amide bonds. The predicted molar refractivity (Wildman–Crippen MR) is 48.7 cm³/mol. The van der Waals surface area contributed by atoms with E-state index in [9.17, 15) is 0 Å². The number of hydrogen-bond donors (Lipinski definition) is 0. The molecule has 1 rings (SSSR count). The fourth-order valence-electron chi connectivity index (χ4n) is 1.07. The number of aromatic nitrogens is 1. The molecule has 0 fully saturated rings. The molecule has 1 aromatic heterocycles. The van der Waals surface area contributed by atoms with Crippen molar-refractivity contribution in [3.05, 3.63) is 27.4 Å². The molecule has 0 saturated heterocycles. The van der Waals surface area contributed by atoms with E-state index in [1.54, 1.807) is 0 Å². The largest absolute Gasteiger partial charge is 0.253 e. The van der Waals surface area contributed by atoms with Gasteiger partial charge in [-0.15, -0.1) is 0 Å². The SMILES string of the molecule is C=c1nc(C)c(C)c(C)c1=C. The first-order valence-corrected chi connectivity index (χ1v) is 3.65. The zero-order valence-corrected chi connectivity index (χ0v) is 7.36. The normalized spacial score (nSPS) is 10.1. The molecule has 0 N–H and O–H groups in total. The van der Waals surface area contributed by atoms with Crippen LogP contribution in [0.1, 0.15) is 16.8 Å². The monoisotopic (exact) mass is 147 g/mol. The van der Waals surface area contributed by atoms with Crippen LogP contribution in [0.25, 0.3) is 13.2 Å². The third kappa shape index (κ3) is 1.18. The molecule has 1 aromatic rings. The lowest BCUT2D eigenvalue weighted by atomic mass is 10.1. The molecule has 0 unspecified atom stereocenters. The Morgan fingerprint density at radius 1 is 1.00 bits per heavy atom. The molecule has 0 aliphatic rings. The van der Waals surface area contributed by atoms with Gasteiger partial charge in [-0.2, -0.15) is 0 Å². The summed E-state index contributed by atoms with van der Waals surface area (Å²) in [6.45, 7) is 13.8. The van der Waals surface area contributed by atoms with E-state index in [1.165, 1.54) is 11.1 Å². The summed E-state index contributed by atoms with van der Waals surface area (Å²) in [6, 6.07) is 0. The van der Waals surface area contributed by atoms with Crippen LogP contribution in [0.5, 0.6) is 0 Å². The molecule has 0 saturated carbocycles. The van der Waals surface area contributed by atoms with Gasteiger partial charge in [0.1, 0.15) is 0 Å². The molecule has 1 heteroatoms. The van der Waals surface area contributed by atoms with Crippen LogP contribution < -0.4 is 10.6 Å². The highest BCUT2D eigenvalue weighted by molar-refractivity contribution is 5.31. The van der Waals surface area contributed by atoms with Crippen molar-refractivity contribution in [2.45, 2.75) is 20.8 Å². The van der Waals surface area contributed by atoms with Crippen LogP contribution in [0.2, 0.25) is 0 Å². The van der Waals surface area contributed by atoms with E-state index in [4.69, 9.17) is 0 Å². The van der Waals surface area contributed by atoms with Crippen LogP contribution in [-0.4, -0.2) is 4.98 Å². The van der Waals surface area contributed by atoms with Crippen molar-refractivity contribution in [1.82, 2.24) is 4.98 Å². The van der Waals surface area contributed by atoms with E-state index in [0.717, 1.165) is 16.3 Å². The maximum Gasteiger partial charge on any atom is 0.0630 e. The van der Waals surface area contributed by atoms with Crippen LogP contribution in [-0.2, 0) is 0 Å². The number of pyridine rings is 1. The summed E-state index contributed by atoms with van der Waals surface area (Å²) < 4.78 is 0. The highest BCUT2D eigenvalue weighted by Crippen LogP contribution is 2.01. The van der Waals surface area contributed by atoms with Gasteiger partial charge in [0.15, 0.2) is 0 Å². The first kappa shape index (κ1) is 7.99. The second-order valence-corrected chi connectivity index (χ2v) is 2.87. The summed E-state index contributed by atoms with van der Waals surface area (Å²) in [4.78, 5) is 4.26. The molecule has 0 bridgehead atoms. The van der Waals surface area contributed by atoms with Crippen molar-refractivity contribution < 1.29 is 0 Å². The van der Waals surface area contributed by atoms with Gasteiger partial charge in [0.25, 0.3) is 0 Å². The minimum Gasteiger partial charge on any atom is -0.253 e. The fourth-order valence-corrected chi connectivity index (χ4v) is 1.07. The van der Waals surface area contributed by atoms with Gasteiger partial charge >= 0.3 is 0 Å². The van der Waals surface area contributed by atoms with Crippen molar-refractivity contribution >= 4 is 13.2 Å². The Bertz CT molecular complexity index is 377. The molecule has 1 nitrogen and oxygen atoms in total. The van der Waals surface area contributed by atoms with Crippen molar-refractivity contribution in [3.8, 4) is 0 Å². The van der Waals surface area contributed by atoms with E-state index in [-0.39, 0.29) is 0 Å². The maximum atomic E-state index is 4.26. The molecule has 58 valence electrons. The van der Waals surface area contributed by atoms with Crippen molar-refractivity contribution in [1.29, 1.82) is 0 Å². The Kier molecular flexibility index (Phi) is 1.81. The first-order chi connectivity index (χ1) is 5.04. The highest BCUT2D eigenvalue weighted by atomic mass is 14.7. The van der Waals surface area contributed by atoms with Gasteiger partial charge in [0.05, 0.1) is 5.35 Å². The second kappa shape index (κ2) is 2.50. The Morgan fingerprint density at radius 2 is 1.55 bits per heavy atom. The fraction of sp³-hybridized carbons (Fsp3) is 0.300. The van der Waals surface area contributed by atoms with Gasteiger partial charge in [0, 0.05) is 5.69 Å². The third-order valence-corrected chi connectivity index (χ3v) is 2.21. The summed E-state index contributed by atoms with van der Waals surface area (Å²) in [5.41, 5.74) is 3.49. The zero-order chi connectivity index (χ0) is 8.59. The lowest BCUT2D eigenvalue weighted by Gasteiger charge is -2.03. The van der Waals surface area contributed by atoms with Gasteiger partial charge < -0.3 is 0 Å². The summed E-state index contributed by atoms with van der Waals surface area (Å²) in [5, 5.41) is 1.76. The first-order valence-electron chi connectivity index (χ1n) is 3.65. The molecule has 11 heavy (non-hydrogen) atoms. The van der Waals surface area contributed by atoms with Crippen LogP contribution in [0.3, 0.4) is 0 Å². The molecular weight excluding hydrogens is 134 g/mol. The second-order valence-electron chi connectivity index (χ2n) is 2.87.